The standard InChI is InChI=1S/C18H27N3O3.ClH/c1-15-5-3-4-6-16(15)13-17(22)20-8-10-21(11-9-20)18(23)14-19-7-12-24-2;/h3-6,19H,7-14H2,1-2H3;1H. The summed E-state index contributed by atoms with van der Waals surface area (Å²) in [6, 6.07) is 7.96. The Kier molecular flexibility index (Phi) is 9.49. The Labute approximate surface area is 155 Å². The number of carbonyl (C=O) groups is 2. The van der Waals surface area contributed by atoms with Gasteiger partial charge in [0.15, 0.2) is 0 Å². The van der Waals surface area contributed by atoms with Gasteiger partial charge in [-0.3, -0.25) is 9.59 Å². The molecular formula is C18H28ClN3O3. The number of amides is 2. The van der Waals surface area contributed by atoms with Crippen molar-refractivity contribution in [1.82, 2.24) is 15.1 Å². The zero-order valence-corrected chi connectivity index (χ0v) is 15.8. The van der Waals surface area contributed by atoms with Crippen molar-refractivity contribution in [3.63, 3.8) is 0 Å². The van der Waals surface area contributed by atoms with E-state index in [1.807, 2.05) is 41.0 Å². The molecule has 1 heterocycles. The Morgan fingerprint density at radius 1 is 1.08 bits per heavy atom. The molecule has 0 saturated carbocycles. The average molecular weight is 370 g/mol. The molecule has 0 spiro atoms. The molecule has 2 rings (SSSR count). The zero-order chi connectivity index (χ0) is 17.4. The van der Waals surface area contributed by atoms with E-state index in [9.17, 15) is 9.59 Å². The van der Waals surface area contributed by atoms with Gasteiger partial charge >= 0.3 is 0 Å². The molecule has 0 atom stereocenters. The van der Waals surface area contributed by atoms with E-state index in [1.54, 1.807) is 7.11 Å². The second-order valence-corrected chi connectivity index (χ2v) is 6.03. The summed E-state index contributed by atoms with van der Waals surface area (Å²) in [6.45, 7) is 6.01. The van der Waals surface area contributed by atoms with Crippen LogP contribution in [0.15, 0.2) is 24.3 Å². The number of nitrogens with zero attached hydrogens (tertiary/aromatic N) is 2. The second kappa shape index (κ2) is 11.1. The van der Waals surface area contributed by atoms with E-state index in [1.165, 1.54) is 0 Å². The third-order valence-corrected chi connectivity index (χ3v) is 4.35. The lowest BCUT2D eigenvalue weighted by Gasteiger charge is -2.35. The molecule has 0 bridgehead atoms. The molecule has 1 aliphatic rings. The van der Waals surface area contributed by atoms with Gasteiger partial charge in [-0.2, -0.15) is 0 Å². The molecular weight excluding hydrogens is 342 g/mol. The monoisotopic (exact) mass is 369 g/mol. The van der Waals surface area contributed by atoms with Gasteiger partial charge in [0, 0.05) is 39.8 Å². The molecule has 1 N–H and O–H groups in total. The van der Waals surface area contributed by atoms with Gasteiger partial charge in [-0.05, 0) is 18.1 Å². The first-order valence-electron chi connectivity index (χ1n) is 8.41. The number of hydrogen-bond donors (Lipinski definition) is 1. The minimum Gasteiger partial charge on any atom is -0.383 e. The van der Waals surface area contributed by atoms with Crippen LogP contribution in [0.1, 0.15) is 11.1 Å². The van der Waals surface area contributed by atoms with Crippen molar-refractivity contribution in [1.29, 1.82) is 0 Å². The molecule has 7 heteroatoms. The molecule has 1 aromatic carbocycles. The Hall–Kier alpha value is -1.63. The highest BCUT2D eigenvalue weighted by Crippen LogP contribution is 2.11. The summed E-state index contributed by atoms with van der Waals surface area (Å²) in [6.07, 6.45) is 0.430. The van der Waals surface area contributed by atoms with Gasteiger partial charge in [-0.15, -0.1) is 12.4 Å². The van der Waals surface area contributed by atoms with Crippen LogP contribution in [0.5, 0.6) is 0 Å². The van der Waals surface area contributed by atoms with Gasteiger partial charge in [0.25, 0.3) is 0 Å². The Bertz CT molecular complexity index is 560. The average Bonchev–Trinajstić information content (AvgIpc) is 2.60. The molecule has 1 fully saturated rings. The first kappa shape index (κ1) is 21.4. The highest BCUT2D eigenvalue weighted by molar-refractivity contribution is 5.85. The van der Waals surface area contributed by atoms with E-state index in [4.69, 9.17) is 4.74 Å². The van der Waals surface area contributed by atoms with Crippen molar-refractivity contribution < 1.29 is 14.3 Å². The van der Waals surface area contributed by atoms with Gasteiger partial charge < -0.3 is 19.9 Å². The van der Waals surface area contributed by atoms with Crippen molar-refractivity contribution >= 4 is 24.2 Å². The number of benzene rings is 1. The molecule has 25 heavy (non-hydrogen) atoms. The van der Waals surface area contributed by atoms with Crippen molar-refractivity contribution in [3.05, 3.63) is 35.4 Å². The highest BCUT2D eigenvalue weighted by Gasteiger charge is 2.23. The van der Waals surface area contributed by atoms with Crippen LogP contribution in [-0.2, 0) is 20.7 Å². The summed E-state index contributed by atoms with van der Waals surface area (Å²) >= 11 is 0. The molecule has 0 radical (unpaired) electrons. The number of hydrogen-bond acceptors (Lipinski definition) is 4. The maximum Gasteiger partial charge on any atom is 0.236 e. The van der Waals surface area contributed by atoms with E-state index in [-0.39, 0.29) is 24.2 Å². The van der Waals surface area contributed by atoms with E-state index in [0.717, 1.165) is 11.1 Å². The molecule has 0 unspecified atom stereocenters. The Morgan fingerprint density at radius 2 is 1.68 bits per heavy atom. The summed E-state index contributed by atoms with van der Waals surface area (Å²) < 4.78 is 4.94. The van der Waals surface area contributed by atoms with Gasteiger partial charge in [0.05, 0.1) is 19.6 Å². The lowest BCUT2D eigenvalue weighted by molar-refractivity contribution is -0.138. The highest BCUT2D eigenvalue weighted by atomic mass is 35.5. The molecule has 0 aliphatic carbocycles. The first-order chi connectivity index (χ1) is 11.6. The molecule has 140 valence electrons. The lowest BCUT2D eigenvalue weighted by Crippen LogP contribution is -2.52. The fourth-order valence-electron chi connectivity index (χ4n) is 2.77. The minimum atomic E-state index is 0. The number of ether oxygens (including phenoxy) is 1. The van der Waals surface area contributed by atoms with E-state index < -0.39 is 0 Å². The van der Waals surface area contributed by atoms with Crippen LogP contribution in [0.4, 0.5) is 0 Å². The number of methoxy groups -OCH3 is 1. The topological polar surface area (TPSA) is 61.9 Å². The summed E-state index contributed by atoms with van der Waals surface area (Å²) in [5.41, 5.74) is 2.21. The fourth-order valence-corrected chi connectivity index (χ4v) is 2.77. The van der Waals surface area contributed by atoms with Crippen molar-refractivity contribution in [2.24, 2.45) is 0 Å². The van der Waals surface area contributed by atoms with Crippen LogP contribution in [0.3, 0.4) is 0 Å². The lowest BCUT2D eigenvalue weighted by atomic mass is 10.1. The second-order valence-electron chi connectivity index (χ2n) is 6.03. The van der Waals surface area contributed by atoms with Crippen molar-refractivity contribution in [3.8, 4) is 0 Å². The van der Waals surface area contributed by atoms with Crippen LogP contribution in [-0.4, -0.2) is 74.6 Å². The Balaban J connectivity index is 0.00000312. The minimum absolute atomic E-state index is 0. The number of aryl methyl sites for hydroxylation is 1. The predicted octanol–water partition coefficient (Wildman–Crippen LogP) is 0.866. The first-order valence-corrected chi connectivity index (χ1v) is 8.41. The number of nitrogens with one attached hydrogen (secondary N) is 1. The largest absolute Gasteiger partial charge is 0.383 e. The summed E-state index contributed by atoms with van der Waals surface area (Å²) in [5, 5.41) is 3.06. The number of piperazine rings is 1. The Morgan fingerprint density at radius 3 is 2.28 bits per heavy atom. The van der Waals surface area contributed by atoms with Crippen LogP contribution in [0.25, 0.3) is 0 Å². The number of rotatable bonds is 7. The van der Waals surface area contributed by atoms with Crippen LogP contribution in [0, 0.1) is 6.92 Å². The quantitative estimate of drug-likeness (QED) is 0.724. The third kappa shape index (κ3) is 6.65. The molecule has 6 nitrogen and oxygen atoms in total. The predicted molar refractivity (Wildman–Crippen MR) is 100 cm³/mol. The van der Waals surface area contributed by atoms with Crippen LogP contribution < -0.4 is 5.32 Å². The van der Waals surface area contributed by atoms with Crippen LogP contribution >= 0.6 is 12.4 Å². The third-order valence-electron chi connectivity index (χ3n) is 4.35. The van der Waals surface area contributed by atoms with Crippen LogP contribution in [0.2, 0.25) is 0 Å². The smallest absolute Gasteiger partial charge is 0.236 e. The fraction of sp³-hybridized carbons (Fsp3) is 0.556. The van der Waals surface area contributed by atoms with Gasteiger partial charge in [-0.25, -0.2) is 0 Å². The van der Waals surface area contributed by atoms with Gasteiger partial charge in [0.2, 0.25) is 11.8 Å². The molecule has 1 saturated heterocycles. The van der Waals surface area contributed by atoms with E-state index >= 15 is 0 Å². The zero-order valence-electron chi connectivity index (χ0n) is 15.0. The normalized spacial score (nSPS) is 14.2. The maximum atomic E-state index is 12.4. The summed E-state index contributed by atoms with van der Waals surface area (Å²) in [4.78, 5) is 28.2. The number of halogens is 1. The van der Waals surface area contributed by atoms with Crippen molar-refractivity contribution in [2.45, 2.75) is 13.3 Å². The van der Waals surface area contributed by atoms with Gasteiger partial charge in [-0.1, -0.05) is 24.3 Å². The van der Waals surface area contributed by atoms with Gasteiger partial charge in [0.1, 0.15) is 0 Å². The SMILES string of the molecule is COCCNCC(=O)N1CCN(C(=O)Cc2ccccc2C)CC1.Cl. The van der Waals surface area contributed by atoms with E-state index in [2.05, 4.69) is 5.32 Å². The molecule has 2 amide bonds. The maximum absolute atomic E-state index is 12.4. The molecule has 1 aromatic rings. The summed E-state index contributed by atoms with van der Waals surface area (Å²) in [5.74, 6) is 0.215. The van der Waals surface area contributed by atoms with Crippen molar-refractivity contribution in [2.75, 3.05) is 53.0 Å². The summed E-state index contributed by atoms with van der Waals surface area (Å²) in [7, 11) is 1.64. The number of carbonyl (C=O) groups excluding carboxylic acids is 2. The van der Waals surface area contributed by atoms with E-state index in [0.29, 0.717) is 52.3 Å². The molecule has 0 aromatic heterocycles. The molecule has 1 aliphatic heterocycles.